The highest BCUT2D eigenvalue weighted by molar-refractivity contribution is 5.80. The van der Waals surface area contributed by atoms with E-state index in [0.29, 0.717) is 18.3 Å². The molecule has 1 aromatic heterocycles. The zero-order valence-corrected chi connectivity index (χ0v) is 14.8. The Balaban J connectivity index is 1.62. The van der Waals surface area contributed by atoms with Crippen molar-refractivity contribution in [3.8, 4) is 5.75 Å². The molecule has 2 N–H and O–H groups in total. The molecule has 0 spiro atoms. The minimum atomic E-state index is 0.566. The molecule has 0 bridgehead atoms. The average Bonchev–Trinajstić information content (AvgIpc) is 2.67. The normalized spacial score (nSPS) is 10.7. The molecule has 0 radical (unpaired) electrons. The Morgan fingerprint density at radius 1 is 1.04 bits per heavy atom. The standard InChI is InChI=1S/C20H21N5O/c1-15-12-19(25-22-14-17-8-10-18(26-2)11-9-17)24-20(23-15)21-13-16-6-4-3-5-7-16/h3-12,14H,13H2,1-2H3,(H2,21,23,24,25). The van der Waals surface area contributed by atoms with E-state index < -0.39 is 0 Å². The predicted molar refractivity (Wildman–Crippen MR) is 105 cm³/mol. The number of anilines is 2. The molecule has 0 aliphatic rings. The lowest BCUT2D eigenvalue weighted by Gasteiger charge is -2.08. The number of nitrogens with one attached hydrogen (secondary N) is 2. The van der Waals surface area contributed by atoms with Crippen molar-refractivity contribution in [3.63, 3.8) is 0 Å². The van der Waals surface area contributed by atoms with Gasteiger partial charge in [0.15, 0.2) is 5.82 Å². The molecule has 0 amide bonds. The molecule has 3 rings (SSSR count). The van der Waals surface area contributed by atoms with Crippen LogP contribution in [-0.4, -0.2) is 23.3 Å². The van der Waals surface area contributed by atoms with E-state index in [1.165, 1.54) is 5.56 Å². The molecular formula is C20H21N5O. The Bertz CT molecular complexity index is 863. The summed E-state index contributed by atoms with van der Waals surface area (Å²) in [5, 5.41) is 7.47. The van der Waals surface area contributed by atoms with Crippen LogP contribution in [0.15, 0.2) is 65.8 Å². The number of nitrogens with zero attached hydrogens (tertiary/aromatic N) is 3. The van der Waals surface area contributed by atoms with Crippen LogP contribution in [0.1, 0.15) is 16.8 Å². The molecular weight excluding hydrogens is 326 g/mol. The Hall–Kier alpha value is -3.41. The number of aromatic nitrogens is 2. The van der Waals surface area contributed by atoms with E-state index in [1.807, 2.05) is 55.5 Å². The first kappa shape index (κ1) is 17.4. The fourth-order valence-electron chi connectivity index (χ4n) is 2.34. The van der Waals surface area contributed by atoms with Crippen LogP contribution in [-0.2, 0) is 6.54 Å². The van der Waals surface area contributed by atoms with Crippen molar-refractivity contribution in [1.82, 2.24) is 9.97 Å². The quantitative estimate of drug-likeness (QED) is 0.502. The predicted octanol–water partition coefficient (Wildman–Crippen LogP) is 3.85. The summed E-state index contributed by atoms with van der Waals surface area (Å²) in [7, 11) is 1.64. The van der Waals surface area contributed by atoms with Gasteiger partial charge >= 0.3 is 0 Å². The second kappa shape index (κ2) is 8.62. The van der Waals surface area contributed by atoms with Crippen molar-refractivity contribution < 1.29 is 4.74 Å². The number of benzene rings is 2. The summed E-state index contributed by atoms with van der Waals surface area (Å²) in [6, 6.07) is 19.6. The molecule has 0 saturated carbocycles. The zero-order valence-electron chi connectivity index (χ0n) is 14.8. The minimum Gasteiger partial charge on any atom is -0.497 e. The van der Waals surface area contributed by atoms with Crippen molar-refractivity contribution in [2.24, 2.45) is 5.10 Å². The van der Waals surface area contributed by atoms with Gasteiger partial charge in [0.05, 0.1) is 13.3 Å². The lowest BCUT2D eigenvalue weighted by atomic mass is 10.2. The second-order valence-corrected chi connectivity index (χ2v) is 5.70. The maximum Gasteiger partial charge on any atom is 0.225 e. The fraction of sp³-hybridized carbons (Fsp3) is 0.150. The van der Waals surface area contributed by atoms with E-state index in [9.17, 15) is 0 Å². The van der Waals surface area contributed by atoms with Crippen LogP contribution >= 0.6 is 0 Å². The first-order valence-electron chi connectivity index (χ1n) is 8.29. The lowest BCUT2D eigenvalue weighted by Crippen LogP contribution is -2.06. The van der Waals surface area contributed by atoms with Crippen LogP contribution in [0.2, 0.25) is 0 Å². The largest absolute Gasteiger partial charge is 0.497 e. The highest BCUT2D eigenvalue weighted by Crippen LogP contribution is 2.12. The van der Waals surface area contributed by atoms with E-state index in [1.54, 1.807) is 13.3 Å². The van der Waals surface area contributed by atoms with Crippen molar-refractivity contribution >= 4 is 18.0 Å². The summed E-state index contributed by atoms with van der Waals surface area (Å²) in [4.78, 5) is 8.85. The lowest BCUT2D eigenvalue weighted by molar-refractivity contribution is 0.415. The highest BCUT2D eigenvalue weighted by Gasteiger charge is 2.02. The van der Waals surface area contributed by atoms with Crippen LogP contribution in [0.4, 0.5) is 11.8 Å². The summed E-state index contributed by atoms with van der Waals surface area (Å²) < 4.78 is 5.14. The van der Waals surface area contributed by atoms with Gasteiger partial charge in [0.25, 0.3) is 0 Å². The molecule has 132 valence electrons. The van der Waals surface area contributed by atoms with E-state index in [-0.39, 0.29) is 0 Å². The topological polar surface area (TPSA) is 71.4 Å². The number of ether oxygens (including phenoxy) is 1. The Morgan fingerprint density at radius 3 is 2.54 bits per heavy atom. The van der Waals surface area contributed by atoms with Gasteiger partial charge in [-0.2, -0.15) is 10.1 Å². The summed E-state index contributed by atoms with van der Waals surface area (Å²) in [5.41, 5.74) is 5.94. The number of aryl methyl sites for hydroxylation is 1. The number of rotatable bonds is 7. The molecule has 1 heterocycles. The van der Waals surface area contributed by atoms with E-state index in [4.69, 9.17) is 4.74 Å². The van der Waals surface area contributed by atoms with Crippen LogP contribution in [0, 0.1) is 6.92 Å². The molecule has 0 aliphatic carbocycles. The smallest absolute Gasteiger partial charge is 0.225 e. The first-order valence-corrected chi connectivity index (χ1v) is 8.29. The molecule has 0 fully saturated rings. The molecule has 0 atom stereocenters. The number of hydrogen-bond donors (Lipinski definition) is 2. The molecule has 6 nitrogen and oxygen atoms in total. The van der Waals surface area contributed by atoms with Gasteiger partial charge in [-0.1, -0.05) is 30.3 Å². The average molecular weight is 347 g/mol. The summed E-state index contributed by atoms with van der Waals surface area (Å²) in [6.45, 7) is 2.59. The molecule has 0 unspecified atom stereocenters. The molecule has 0 saturated heterocycles. The first-order chi connectivity index (χ1) is 12.7. The maximum absolute atomic E-state index is 5.14. The van der Waals surface area contributed by atoms with Crippen LogP contribution < -0.4 is 15.5 Å². The SMILES string of the molecule is COc1ccc(C=NNc2cc(C)nc(NCc3ccccc3)n2)cc1. The second-order valence-electron chi connectivity index (χ2n) is 5.70. The minimum absolute atomic E-state index is 0.566. The van der Waals surface area contributed by atoms with Crippen molar-refractivity contribution in [2.45, 2.75) is 13.5 Å². The molecule has 26 heavy (non-hydrogen) atoms. The van der Waals surface area contributed by atoms with Crippen LogP contribution in [0.3, 0.4) is 0 Å². The van der Waals surface area contributed by atoms with Gasteiger partial charge in [0, 0.05) is 18.3 Å². The van der Waals surface area contributed by atoms with Crippen LogP contribution in [0.5, 0.6) is 5.75 Å². The Kier molecular flexibility index (Phi) is 5.77. The van der Waals surface area contributed by atoms with Gasteiger partial charge in [0.1, 0.15) is 5.75 Å². The third-order valence-electron chi connectivity index (χ3n) is 3.66. The van der Waals surface area contributed by atoms with Gasteiger partial charge in [0.2, 0.25) is 5.95 Å². The van der Waals surface area contributed by atoms with Gasteiger partial charge in [-0.3, -0.25) is 5.43 Å². The number of hydrazone groups is 1. The van der Waals surface area contributed by atoms with Gasteiger partial charge in [-0.15, -0.1) is 0 Å². The molecule has 0 aliphatic heterocycles. The highest BCUT2D eigenvalue weighted by atomic mass is 16.5. The van der Waals surface area contributed by atoms with E-state index in [2.05, 4.69) is 37.9 Å². The third-order valence-corrected chi connectivity index (χ3v) is 3.66. The maximum atomic E-state index is 5.14. The zero-order chi connectivity index (χ0) is 18.2. The summed E-state index contributed by atoms with van der Waals surface area (Å²) in [6.07, 6.45) is 1.73. The van der Waals surface area contributed by atoms with E-state index >= 15 is 0 Å². The summed E-state index contributed by atoms with van der Waals surface area (Å²) in [5.74, 6) is 2.02. The Labute approximate surface area is 153 Å². The van der Waals surface area contributed by atoms with Crippen molar-refractivity contribution in [1.29, 1.82) is 0 Å². The van der Waals surface area contributed by atoms with Crippen molar-refractivity contribution in [2.75, 3.05) is 17.9 Å². The fourth-order valence-corrected chi connectivity index (χ4v) is 2.34. The monoisotopic (exact) mass is 347 g/mol. The van der Waals surface area contributed by atoms with Gasteiger partial charge < -0.3 is 10.1 Å². The molecule has 6 heteroatoms. The third kappa shape index (κ3) is 5.04. The Morgan fingerprint density at radius 2 is 1.81 bits per heavy atom. The van der Waals surface area contributed by atoms with Gasteiger partial charge in [-0.25, -0.2) is 4.98 Å². The van der Waals surface area contributed by atoms with E-state index in [0.717, 1.165) is 17.0 Å². The molecule has 3 aromatic rings. The van der Waals surface area contributed by atoms with Crippen molar-refractivity contribution in [3.05, 3.63) is 77.5 Å². The van der Waals surface area contributed by atoms with Crippen LogP contribution in [0.25, 0.3) is 0 Å². The number of methoxy groups -OCH3 is 1. The van der Waals surface area contributed by atoms with Gasteiger partial charge in [-0.05, 0) is 42.3 Å². The number of hydrogen-bond acceptors (Lipinski definition) is 6. The molecule has 2 aromatic carbocycles. The summed E-state index contributed by atoms with van der Waals surface area (Å²) >= 11 is 0.